The maximum absolute atomic E-state index is 12.4. The van der Waals surface area contributed by atoms with Gasteiger partial charge in [-0.1, -0.05) is 5.21 Å². The molecule has 2 aromatic carbocycles. The van der Waals surface area contributed by atoms with E-state index in [1.165, 1.54) is 0 Å². The van der Waals surface area contributed by atoms with Crippen molar-refractivity contribution >= 4 is 22.6 Å². The molecule has 0 bridgehead atoms. The number of anilines is 1. The fourth-order valence-electron chi connectivity index (χ4n) is 2.52. The van der Waals surface area contributed by atoms with Crippen molar-refractivity contribution < 1.29 is 14.3 Å². The van der Waals surface area contributed by atoms with Crippen molar-refractivity contribution in [2.45, 2.75) is 13.5 Å². The Bertz CT molecular complexity index is 903. The van der Waals surface area contributed by atoms with Crippen molar-refractivity contribution in [3.63, 3.8) is 0 Å². The highest BCUT2D eigenvalue weighted by Crippen LogP contribution is 2.34. The molecule has 23 heavy (non-hydrogen) atoms. The molecule has 0 radical (unpaired) electrons. The number of ether oxygens (including phenoxy) is 2. The molecule has 0 saturated carbocycles. The number of carbonyl (C=O) groups is 1. The molecule has 7 heteroatoms. The number of aryl methyl sites for hydroxylation is 1. The van der Waals surface area contributed by atoms with Crippen LogP contribution in [0.4, 0.5) is 5.69 Å². The Morgan fingerprint density at radius 1 is 1.22 bits per heavy atom. The number of aromatic nitrogens is 3. The topological polar surface area (TPSA) is 78.3 Å². The van der Waals surface area contributed by atoms with E-state index in [9.17, 15) is 4.79 Å². The number of rotatable bonds is 3. The molecule has 1 amide bonds. The Morgan fingerprint density at radius 3 is 2.96 bits per heavy atom. The summed E-state index contributed by atoms with van der Waals surface area (Å²) in [5.41, 5.74) is 2.78. The number of hydrogen-bond acceptors (Lipinski definition) is 5. The van der Waals surface area contributed by atoms with Gasteiger partial charge in [-0.25, -0.2) is 4.68 Å². The van der Waals surface area contributed by atoms with Crippen LogP contribution in [0, 0.1) is 0 Å². The third kappa shape index (κ3) is 2.36. The Morgan fingerprint density at radius 2 is 2.09 bits per heavy atom. The first-order valence-electron chi connectivity index (χ1n) is 7.29. The van der Waals surface area contributed by atoms with Crippen LogP contribution in [-0.4, -0.2) is 27.7 Å². The van der Waals surface area contributed by atoms with Gasteiger partial charge in [0.05, 0.1) is 5.52 Å². The third-order valence-electron chi connectivity index (χ3n) is 3.71. The van der Waals surface area contributed by atoms with Crippen molar-refractivity contribution in [2.24, 2.45) is 0 Å². The number of nitrogens with one attached hydrogen (secondary N) is 1. The number of nitrogens with zero attached hydrogens (tertiary/aromatic N) is 3. The molecule has 0 spiro atoms. The Labute approximate surface area is 131 Å². The molecule has 0 unspecified atom stereocenters. The Kier molecular flexibility index (Phi) is 3.11. The van der Waals surface area contributed by atoms with Crippen molar-refractivity contribution in [1.82, 2.24) is 15.0 Å². The van der Waals surface area contributed by atoms with E-state index in [0.29, 0.717) is 28.3 Å². The second-order valence-electron chi connectivity index (χ2n) is 5.13. The SMILES string of the molecule is CCn1nnc2cc(C(=O)Nc3ccc4c(c3)OCO4)ccc21. The first-order valence-corrected chi connectivity index (χ1v) is 7.29. The predicted molar refractivity (Wildman–Crippen MR) is 83.7 cm³/mol. The number of amides is 1. The van der Waals surface area contributed by atoms with Gasteiger partial charge >= 0.3 is 0 Å². The molecule has 0 aliphatic carbocycles. The van der Waals surface area contributed by atoms with Gasteiger partial charge < -0.3 is 14.8 Å². The quantitative estimate of drug-likeness (QED) is 0.804. The van der Waals surface area contributed by atoms with E-state index in [1.807, 2.05) is 13.0 Å². The summed E-state index contributed by atoms with van der Waals surface area (Å²) in [5.74, 6) is 1.10. The van der Waals surface area contributed by atoms with Gasteiger partial charge in [0.15, 0.2) is 11.5 Å². The van der Waals surface area contributed by atoms with Gasteiger partial charge in [-0.15, -0.1) is 5.10 Å². The third-order valence-corrected chi connectivity index (χ3v) is 3.71. The highest BCUT2D eigenvalue weighted by atomic mass is 16.7. The van der Waals surface area contributed by atoms with Crippen LogP contribution in [0.2, 0.25) is 0 Å². The molecule has 0 atom stereocenters. The zero-order chi connectivity index (χ0) is 15.8. The second kappa shape index (κ2) is 5.28. The predicted octanol–water partition coefficient (Wildman–Crippen LogP) is 2.43. The molecule has 0 saturated heterocycles. The molecule has 4 rings (SSSR count). The summed E-state index contributed by atoms with van der Waals surface area (Å²) in [7, 11) is 0. The first-order chi connectivity index (χ1) is 11.2. The molecule has 7 nitrogen and oxygen atoms in total. The van der Waals surface area contributed by atoms with Crippen LogP contribution in [0.3, 0.4) is 0 Å². The van der Waals surface area contributed by atoms with Crippen molar-refractivity contribution in [3.05, 3.63) is 42.0 Å². The maximum Gasteiger partial charge on any atom is 0.255 e. The summed E-state index contributed by atoms with van der Waals surface area (Å²) >= 11 is 0. The highest BCUT2D eigenvalue weighted by molar-refractivity contribution is 6.06. The van der Waals surface area contributed by atoms with E-state index >= 15 is 0 Å². The highest BCUT2D eigenvalue weighted by Gasteiger charge is 2.15. The van der Waals surface area contributed by atoms with Gasteiger partial charge in [-0.2, -0.15) is 0 Å². The molecule has 1 N–H and O–H groups in total. The van der Waals surface area contributed by atoms with Crippen LogP contribution in [0.5, 0.6) is 11.5 Å². The van der Waals surface area contributed by atoms with E-state index in [4.69, 9.17) is 9.47 Å². The van der Waals surface area contributed by atoms with Crippen LogP contribution in [0.15, 0.2) is 36.4 Å². The van der Waals surface area contributed by atoms with Gasteiger partial charge in [0.25, 0.3) is 5.91 Å². The fraction of sp³-hybridized carbons (Fsp3) is 0.188. The lowest BCUT2D eigenvalue weighted by Crippen LogP contribution is -2.11. The monoisotopic (exact) mass is 310 g/mol. The standard InChI is InChI=1S/C16H14N4O3/c1-2-20-13-5-3-10(7-12(13)18-19-20)16(21)17-11-4-6-14-15(8-11)23-9-22-14/h3-8H,2,9H2,1H3,(H,17,21). The zero-order valence-corrected chi connectivity index (χ0v) is 12.4. The van der Waals surface area contributed by atoms with Crippen molar-refractivity contribution in [1.29, 1.82) is 0 Å². The van der Waals surface area contributed by atoms with Crippen LogP contribution < -0.4 is 14.8 Å². The molecule has 116 valence electrons. The number of hydrogen-bond donors (Lipinski definition) is 1. The smallest absolute Gasteiger partial charge is 0.255 e. The summed E-state index contributed by atoms with van der Waals surface area (Å²) in [6.45, 7) is 2.93. The van der Waals surface area contributed by atoms with Gasteiger partial charge in [0, 0.05) is 23.9 Å². The van der Waals surface area contributed by atoms with Crippen molar-refractivity contribution in [2.75, 3.05) is 12.1 Å². The molecular formula is C16H14N4O3. The number of fused-ring (bicyclic) bond motifs is 2. The van der Waals surface area contributed by atoms with Crippen LogP contribution in [0.25, 0.3) is 11.0 Å². The lowest BCUT2D eigenvalue weighted by atomic mass is 10.1. The van der Waals surface area contributed by atoms with Crippen LogP contribution in [0.1, 0.15) is 17.3 Å². The molecule has 2 heterocycles. The van der Waals surface area contributed by atoms with Gasteiger partial charge in [0.2, 0.25) is 6.79 Å². The average Bonchev–Trinajstić information content (AvgIpc) is 3.19. The fourth-order valence-corrected chi connectivity index (χ4v) is 2.52. The van der Waals surface area contributed by atoms with E-state index in [1.54, 1.807) is 35.0 Å². The maximum atomic E-state index is 12.4. The van der Waals surface area contributed by atoms with Crippen LogP contribution in [-0.2, 0) is 6.54 Å². The lowest BCUT2D eigenvalue weighted by Gasteiger charge is -2.06. The molecule has 1 aliphatic rings. The first kappa shape index (κ1) is 13.6. The van der Waals surface area contributed by atoms with Gasteiger partial charge in [-0.3, -0.25) is 4.79 Å². The average molecular weight is 310 g/mol. The van der Waals surface area contributed by atoms with E-state index in [2.05, 4.69) is 15.6 Å². The summed E-state index contributed by atoms with van der Waals surface area (Å²) in [4.78, 5) is 12.4. The summed E-state index contributed by atoms with van der Waals surface area (Å²) in [6, 6.07) is 10.6. The summed E-state index contributed by atoms with van der Waals surface area (Å²) in [5, 5.41) is 11.0. The lowest BCUT2D eigenvalue weighted by molar-refractivity contribution is 0.102. The second-order valence-corrected chi connectivity index (χ2v) is 5.13. The van der Waals surface area contributed by atoms with E-state index in [0.717, 1.165) is 12.1 Å². The molecule has 0 fully saturated rings. The Balaban J connectivity index is 1.59. The summed E-state index contributed by atoms with van der Waals surface area (Å²) in [6.07, 6.45) is 0. The molecule has 3 aromatic rings. The summed E-state index contributed by atoms with van der Waals surface area (Å²) < 4.78 is 12.3. The molecular weight excluding hydrogens is 296 g/mol. The van der Waals surface area contributed by atoms with Gasteiger partial charge in [-0.05, 0) is 37.3 Å². The van der Waals surface area contributed by atoms with E-state index in [-0.39, 0.29) is 12.7 Å². The number of carbonyl (C=O) groups excluding carboxylic acids is 1. The van der Waals surface area contributed by atoms with E-state index < -0.39 is 0 Å². The largest absolute Gasteiger partial charge is 0.454 e. The minimum Gasteiger partial charge on any atom is -0.454 e. The zero-order valence-electron chi connectivity index (χ0n) is 12.4. The minimum absolute atomic E-state index is 0.205. The van der Waals surface area contributed by atoms with Crippen LogP contribution >= 0.6 is 0 Å². The normalized spacial score (nSPS) is 12.6. The van der Waals surface area contributed by atoms with Crippen molar-refractivity contribution in [3.8, 4) is 11.5 Å². The molecule has 1 aromatic heterocycles. The number of benzene rings is 2. The Hall–Kier alpha value is -3.09. The molecule has 1 aliphatic heterocycles. The van der Waals surface area contributed by atoms with Gasteiger partial charge in [0.1, 0.15) is 5.52 Å². The minimum atomic E-state index is -0.211.